The van der Waals surface area contributed by atoms with Crippen LogP contribution in [0.25, 0.3) is 27.1 Å². The fourth-order valence-electron chi connectivity index (χ4n) is 2.65. The second-order valence-corrected chi connectivity index (χ2v) is 5.19. The molecule has 0 unspecified atom stereocenters. The third-order valence-corrected chi connectivity index (χ3v) is 3.68. The van der Waals surface area contributed by atoms with E-state index in [-0.39, 0.29) is 0 Å². The van der Waals surface area contributed by atoms with Gasteiger partial charge in [-0.1, -0.05) is 54.6 Å². The molecule has 0 amide bonds. The molecular formula is C18H15OSi. The second kappa shape index (κ2) is 5.14. The van der Waals surface area contributed by atoms with Crippen molar-refractivity contribution in [2.24, 2.45) is 0 Å². The number of rotatable bonds is 3. The summed E-state index contributed by atoms with van der Waals surface area (Å²) in [5.74, 6) is 0.927. The summed E-state index contributed by atoms with van der Waals surface area (Å²) in [5, 5.41) is 4.64. The Kier molecular flexibility index (Phi) is 3.33. The lowest BCUT2D eigenvalue weighted by Gasteiger charge is -2.14. The molecule has 3 rings (SSSR count). The van der Waals surface area contributed by atoms with Crippen LogP contribution >= 0.6 is 0 Å². The van der Waals surface area contributed by atoms with E-state index < -0.39 is 0 Å². The van der Waals surface area contributed by atoms with Gasteiger partial charge in [-0.3, -0.25) is 0 Å². The predicted octanol–water partition coefficient (Wildman–Crippen LogP) is 4.53. The molecule has 0 aliphatic carbocycles. The smallest absolute Gasteiger partial charge is 0.134 e. The molecule has 1 nitrogen and oxygen atoms in total. The van der Waals surface area contributed by atoms with E-state index in [1.165, 1.54) is 16.3 Å². The van der Waals surface area contributed by atoms with Gasteiger partial charge in [0.2, 0.25) is 0 Å². The number of hydrogen-bond acceptors (Lipinski definition) is 1. The molecule has 0 heterocycles. The first kappa shape index (κ1) is 12.9. The van der Waals surface area contributed by atoms with Crippen molar-refractivity contribution in [3.63, 3.8) is 0 Å². The Morgan fingerprint density at radius 3 is 2.55 bits per heavy atom. The minimum absolute atomic E-state index is 0.473. The zero-order chi connectivity index (χ0) is 14.1. The van der Waals surface area contributed by atoms with Crippen molar-refractivity contribution in [1.82, 2.24) is 0 Å². The van der Waals surface area contributed by atoms with Gasteiger partial charge in [0.25, 0.3) is 0 Å². The van der Waals surface area contributed by atoms with E-state index in [0.717, 1.165) is 22.1 Å². The van der Waals surface area contributed by atoms with Gasteiger partial charge >= 0.3 is 0 Å². The van der Waals surface area contributed by atoms with Crippen LogP contribution in [-0.4, -0.2) is 16.5 Å². The van der Waals surface area contributed by atoms with Crippen LogP contribution in [-0.2, 0) is 0 Å². The molecule has 0 saturated heterocycles. The fraction of sp³-hybridized carbons (Fsp3) is 0.111. The van der Waals surface area contributed by atoms with Gasteiger partial charge in [-0.15, -0.1) is 0 Å². The van der Waals surface area contributed by atoms with E-state index in [1.807, 2.05) is 13.0 Å². The topological polar surface area (TPSA) is 9.23 Å². The average Bonchev–Trinajstić information content (AvgIpc) is 2.46. The van der Waals surface area contributed by atoms with Crippen LogP contribution in [0.5, 0.6) is 5.75 Å². The molecule has 20 heavy (non-hydrogen) atoms. The molecule has 0 fully saturated rings. The number of benzene rings is 3. The normalized spacial score (nSPS) is 10.9. The summed E-state index contributed by atoms with van der Waals surface area (Å²) >= 11 is 0. The molecule has 0 saturated carbocycles. The van der Waals surface area contributed by atoms with Gasteiger partial charge in [-0.25, -0.2) is 0 Å². The third kappa shape index (κ3) is 2.02. The van der Waals surface area contributed by atoms with E-state index in [9.17, 15) is 0 Å². The first-order valence-corrected chi connectivity index (χ1v) is 7.31. The molecule has 0 N–H and O–H groups in total. The molecule has 2 heteroatoms. The lowest BCUT2D eigenvalue weighted by Crippen LogP contribution is -1.98. The number of allylic oxidation sites excluding steroid dienone is 1. The lowest BCUT2D eigenvalue weighted by atomic mass is 9.96. The summed E-state index contributed by atoms with van der Waals surface area (Å²) in [6, 6.07) is 16.8. The quantitative estimate of drug-likeness (QED) is 0.504. The highest BCUT2D eigenvalue weighted by molar-refractivity contribution is 6.10. The van der Waals surface area contributed by atoms with Crippen LogP contribution in [0.1, 0.15) is 12.5 Å². The van der Waals surface area contributed by atoms with Crippen molar-refractivity contribution in [2.75, 3.05) is 6.23 Å². The average molecular weight is 275 g/mol. The Morgan fingerprint density at radius 1 is 1.05 bits per heavy atom. The Hall–Kier alpha value is -2.06. The number of hydrogen-bond donors (Lipinski definition) is 0. The molecule has 0 aromatic heterocycles. The summed E-state index contributed by atoms with van der Waals surface area (Å²) in [5.41, 5.74) is 2.24. The van der Waals surface area contributed by atoms with Crippen LogP contribution in [0.2, 0.25) is 0 Å². The van der Waals surface area contributed by atoms with Gasteiger partial charge in [-0.05, 0) is 29.3 Å². The molecule has 0 bridgehead atoms. The summed E-state index contributed by atoms with van der Waals surface area (Å²) in [7, 11) is 3.41. The van der Waals surface area contributed by atoms with Crippen LogP contribution in [0.4, 0.5) is 0 Å². The standard InChI is InChI=1S/C18H15OSi/c1-12(2)14-8-5-9-16-17(14)10-13-6-3-4-7-15(13)18(16)19-11-20/h3-10H,1,11H2,2H3. The van der Waals surface area contributed by atoms with E-state index in [2.05, 4.69) is 59.3 Å². The van der Waals surface area contributed by atoms with Gasteiger partial charge in [0.05, 0.1) is 16.5 Å². The molecule has 0 spiro atoms. The van der Waals surface area contributed by atoms with E-state index in [1.54, 1.807) is 0 Å². The van der Waals surface area contributed by atoms with Crippen LogP contribution in [0.3, 0.4) is 0 Å². The van der Waals surface area contributed by atoms with E-state index in [0.29, 0.717) is 6.23 Å². The Morgan fingerprint density at radius 2 is 1.80 bits per heavy atom. The van der Waals surface area contributed by atoms with Crippen LogP contribution < -0.4 is 4.74 Å². The minimum Gasteiger partial charge on any atom is -0.497 e. The molecule has 0 aliphatic rings. The van der Waals surface area contributed by atoms with Crippen molar-refractivity contribution in [3.8, 4) is 5.75 Å². The predicted molar refractivity (Wildman–Crippen MR) is 87.4 cm³/mol. The maximum atomic E-state index is 5.85. The molecule has 3 aromatic rings. The first-order chi connectivity index (χ1) is 9.72. The van der Waals surface area contributed by atoms with E-state index in [4.69, 9.17) is 4.74 Å². The SMILES string of the molecule is C=C(C)c1cccc2c(OC[Si])c3ccccc3cc12. The highest BCUT2D eigenvalue weighted by atomic mass is 28.1. The monoisotopic (exact) mass is 275 g/mol. The van der Waals surface area contributed by atoms with Crippen LogP contribution in [0, 0.1) is 0 Å². The van der Waals surface area contributed by atoms with Crippen molar-refractivity contribution in [2.45, 2.75) is 6.92 Å². The summed E-state index contributed by atoms with van der Waals surface area (Å²) < 4.78 is 5.85. The minimum atomic E-state index is 0.473. The van der Waals surface area contributed by atoms with Crippen molar-refractivity contribution in [1.29, 1.82) is 0 Å². The van der Waals surface area contributed by atoms with Crippen LogP contribution in [0.15, 0.2) is 55.1 Å². The largest absolute Gasteiger partial charge is 0.497 e. The molecule has 0 aliphatic heterocycles. The zero-order valence-electron chi connectivity index (χ0n) is 11.4. The summed E-state index contributed by atoms with van der Waals surface area (Å²) in [4.78, 5) is 0. The van der Waals surface area contributed by atoms with Gasteiger partial charge in [0.1, 0.15) is 5.75 Å². The second-order valence-electron chi connectivity index (χ2n) is 4.90. The summed E-state index contributed by atoms with van der Waals surface area (Å²) in [6.07, 6.45) is 0.473. The maximum Gasteiger partial charge on any atom is 0.134 e. The van der Waals surface area contributed by atoms with Gasteiger partial charge in [0.15, 0.2) is 0 Å². The molecule has 97 valence electrons. The molecule has 3 radical (unpaired) electrons. The highest BCUT2D eigenvalue weighted by Gasteiger charge is 2.11. The Balaban J connectivity index is 2.49. The van der Waals surface area contributed by atoms with Gasteiger partial charge in [-0.2, -0.15) is 0 Å². The van der Waals surface area contributed by atoms with Crippen molar-refractivity contribution >= 4 is 37.4 Å². The maximum absolute atomic E-state index is 5.85. The Bertz CT molecular complexity index is 805. The molecular weight excluding hydrogens is 260 g/mol. The molecule has 0 atom stereocenters. The fourth-order valence-corrected chi connectivity index (χ4v) is 2.79. The highest BCUT2D eigenvalue weighted by Crippen LogP contribution is 2.37. The number of fused-ring (bicyclic) bond motifs is 2. The number of ether oxygens (including phenoxy) is 1. The van der Waals surface area contributed by atoms with Gasteiger partial charge < -0.3 is 4.74 Å². The Labute approximate surface area is 122 Å². The van der Waals surface area contributed by atoms with Crippen molar-refractivity contribution in [3.05, 3.63) is 60.7 Å². The first-order valence-electron chi connectivity index (χ1n) is 6.60. The lowest BCUT2D eigenvalue weighted by molar-refractivity contribution is 0.397. The zero-order valence-corrected chi connectivity index (χ0v) is 12.4. The third-order valence-electron chi connectivity index (χ3n) is 3.53. The van der Waals surface area contributed by atoms with Crippen molar-refractivity contribution < 1.29 is 4.74 Å². The molecule has 3 aromatic carbocycles. The van der Waals surface area contributed by atoms with E-state index >= 15 is 0 Å². The summed E-state index contributed by atoms with van der Waals surface area (Å²) in [6.45, 7) is 6.12. The van der Waals surface area contributed by atoms with Gasteiger partial charge in [0, 0.05) is 10.8 Å².